The molecule has 1 aromatic heterocycles. The van der Waals surface area contributed by atoms with E-state index in [2.05, 4.69) is 26.2 Å². The number of rotatable bonds is 4. The smallest absolute Gasteiger partial charge is 0.324 e. The van der Waals surface area contributed by atoms with Gasteiger partial charge in [0.15, 0.2) is 0 Å². The van der Waals surface area contributed by atoms with Crippen molar-refractivity contribution in [3.63, 3.8) is 0 Å². The van der Waals surface area contributed by atoms with Crippen LogP contribution < -0.4 is 5.32 Å². The molecule has 6 nitrogen and oxygen atoms in total. The molecular formula is C12H12BrN3O3. The van der Waals surface area contributed by atoms with Crippen molar-refractivity contribution in [1.29, 1.82) is 0 Å². The molecule has 2 aliphatic heterocycles. The van der Waals surface area contributed by atoms with E-state index in [1.54, 1.807) is 6.20 Å². The summed E-state index contributed by atoms with van der Waals surface area (Å²) in [6.45, 7) is 0.647. The first-order chi connectivity index (χ1) is 9.15. The Labute approximate surface area is 118 Å². The van der Waals surface area contributed by atoms with Gasteiger partial charge in [-0.25, -0.2) is 4.79 Å². The van der Waals surface area contributed by atoms with E-state index >= 15 is 0 Å². The molecule has 0 spiro atoms. The Morgan fingerprint density at radius 2 is 2.32 bits per heavy atom. The van der Waals surface area contributed by atoms with Crippen molar-refractivity contribution in [1.82, 2.24) is 15.2 Å². The Bertz CT molecular complexity index is 499. The van der Waals surface area contributed by atoms with E-state index in [0.29, 0.717) is 13.0 Å². The van der Waals surface area contributed by atoms with Gasteiger partial charge in [-0.3, -0.25) is 14.7 Å². The second-order valence-corrected chi connectivity index (χ2v) is 5.45. The number of ether oxygens (including phenoxy) is 1. The highest BCUT2D eigenvalue weighted by atomic mass is 79.9. The quantitative estimate of drug-likeness (QED) is 0.653. The van der Waals surface area contributed by atoms with E-state index in [1.807, 2.05) is 12.1 Å². The minimum atomic E-state index is -0.345. The molecule has 3 rings (SSSR count). The molecule has 2 aliphatic rings. The number of nitrogens with one attached hydrogen (secondary N) is 1. The van der Waals surface area contributed by atoms with Crippen molar-refractivity contribution in [3.05, 3.63) is 28.5 Å². The van der Waals surface area contributed by atoms with Crippen LogP contribution >= 0.6 is 15.9 Å². The zero-order valence-electron chi connectivity index (χ0n) is 10.0. The van der Waals surface area contributed by atoms with Crippen molar-refractivity contribution in [2.45, 2.75) is 18.6 Å². The van der Waals surface area contributed by atoms with Gasteiger partial charge in [0.25, 0.3) is 0 Å². The van der Waals surface area contributed by atoms with Crippen LogP contribution in [0.1, 0.15) is 5.69 Å². The largest absolute Gasteiger partial charge is 0.371 e. The molecular weight excluding hydrogens is 314 g/mol. The number of hydrogen-bond acceptors (Lipinski definition) is 4. The van der Waals surface area contributed by atoms with E-state index in [0.717, 1.165) is 10.2 Å². The molecule has 1 unspecified atom stereocenters. The maximum absolute atomic E-state index is 11.8. The molecule has 3 amide bonds. The molecule has 0 bridgehead atoms. The lowest BCUT2D eigenvalue weighted by Crippen LogP contribution is -2.45. The number of imide groups is 1. The molecule has 7 heteroatoms. The highest BCUT2D eigenvalue weighted by Gasteiger charge is 2.44. The van der Waals surface area contributed by atoms with Crippen LogP contribution in [-0.2, 0) is 16.0 Å². The number of urea groups is 1. The van der Waals surface area contributed by atoms with E-state index in [9.17, 15) is 9.59 Å². The molecule has 2 fully saturated rings. The molecule has 0 aliphatic carbocycles. The maximum Gasteiger partial charge on any atom is 0.324 e. The van der Waals surface area contributed by atoms with Gasteiger partial charge in [0.2, 0.25) is 5.91 Å². The molecule has 3 heterocycles. The number of carbonyl (C=O) groups excluding carboxylic acids is 2. The van der Waals surface area contributed by atoms with Gasteiger partial charge in [0.1, 0.15) is 6.10 Å². The molecule has 0 aromatic carbocycles. The lowest BCUT2D eigenvalue weighted by atomic mass is 10.1. The Kier molecular flexibility index (Phi) is 3.24. The predicted molar refractivity (Wildman–Crippen MR) is 69.4 cm³/mol. The zero-order valence-corrected chi connectivity index (χ0v) is 11.6. The third-order valence-electron chi connectivity index (χ3n) is 3.21. The topological polar surface area (TPSA) is 74.8 Å². The first kappa shape index (κ1) is 12.6. The van der Waals surface area contributed by atoms with Gasteiger partial charge in [-0.05, 0) is 28.1 Å². The lowest BCUT2D eigenvalue weighted by Gasteiger charge is -2.23. The monoisotopic (exact) mass is 325 g/mol. The zero-order chi connectivity index (χ0) is 13.4. The Morgan fingerprint density at radius 1 is 1.53 bits per heavy atom. The average molecular weight is 326 g/mol. The summed E-state index contributed by atoms with van der Waals surface area (Å²) < 4.78 is 6.16. The minimum Gasteiger partial charge on any atom is -0.371 e. The van der Waals surface area contributed by atoms with Crippen molar-refractivity contribution in [2.75, 3.05) is 13.2 Å². The van der Waals surface area contributed by atoms with Gasteiger partial charge < -0.3 is 10.1 Å². The summed E-state index contributed by atoms with van der Waals surface area (Å²) in [6.07, 6.45) is 2.14. The predicted octanol–water partition coefficient (Wildman–Crippen LogP) is 0.706. The summed E-state index contributed by atoms with van der Waals surface area (Å²) in [7, 11) is 0. The molecule has 0 saturated carbocycles. The number of aromatic nitrogens is 1. The van der Waals surface area contributed by atoms with E-state index < -0.39 is 0 Å². The number of amides is 3. The van der Waals surface area contributed by atoms with Crippen LogP contribution in [0.15, 0.2) is 22.8 Å². The van der Waals surface area contributed by atoms with Crippen LogP contribution in [0.3, 0.4) is 0 Å². The molecule has 2 saturated heterocycles. The van der Waals surface area contributed by atoms with Crippen LogP contribution in [0.4, 0.5) is 4.79 Å². The van der Waals surface area contributed by atoms with Gasteiger partial charge >= 0.3 is 6.03 Å². The molecule has 0 radical (unpaired) electrons. The van der Waals surface area contributed by atoms with Crippen molar-refractivity contribution in [3.8, 4) is 0 Å². The fourth-order valence-electron chi connectivity index (χ4n) is 2.18. The van der Waals surface area contributed by atoms with Crippen LogP contribution in [-0.4, -0.2) is 47.1 Å². The molecule has 1 N–H and O–H groups in total. The summed E-state index contributed by atoms with van der Waals surface area (Å²) in [5.74, 6) is -0.206. The summed E-state index contributed by atoms with van der Waals surface area (Å²) in [5, 5.41) is 2.53. The lowest BCUT2D eigenvalue weighted by molar-refractivity contribution is -0.126. The Balaban J connectivity index is 1.79. The number of carbonyl (C=O) groups is 2. The summed E-state index contributed by atoms with van der Waals surface area (Å²) >= 11 is 3.32. The number of halogens is 1. The molecule has 1 aromatic rings. The number of hydrogen-bond donors (Lipinski definition) is 1. The third kappa shape index (κ3) is 2.62. The van der Waals surface area contributed by atoms with E-state index in [1.165, 1.54) is 4.90 Å². The van der Waals surface area contributed by atoms with Gasteiger partial charge in [-0.15, -0.1) is 0 Å². The standard InChI is InChI=1S/C12H12BrN3O3/c13-7-1-2-8(14-4-7)3-9(10-6-19-10)16-11(17)5-15-12(16)18/h1-2,4,9-10H,3,5-6H2,(H,15,18)/t9?,10-/m1/s1. The van der Waals surface area contributed by atoms with Gasteiger partial charge in [0, 0.05) is 22.8 Å². The highest BCUT2D eigenvalue weighted by Crippen LogP contribution is 2.24. The SMILES string of the molecule is O=C1CNC(=O)N1C(Cc1ccc(Br)cn1)[C@H]1CO1. The Morgan fingerprint density at radius 3 is 2.84 bits per heavy atom. The summed E-state index contributed by atoms with van der Waals surface area (Å²) in [4.78, 5) is 29.0. The summed E-state index contributed by atoms with van der Waals surface area (Å²) in [6, 6.07) is 3.14. The second kappa shape index (κ2) is 4.90. The van der Waals surface area contributed by atoms with Gasteiger partial charge in [-0.2, -0.15) is 0 Å². The molecule has 100 valence electrons. The van der Waals surface area contributed by atoms with Crippen molar-refractivity contribution in [2.24, 2.45) is 0 Å². The van der Waals surface area contributed by atoms with E-state index in [4.69, 9.17) is 4.74 Å². The number of pyridine rings is 1. The third-order valence-corrected chi connectivity index (χ3v) is 3.67. The fourth-order valence-corrected chi connectivity index (χ4v) is 2.41. The molecule has 19 heavy (non-hydrogen) atoms. The normalized spacial score (nSPS) is 23.4. The number of nitrogens with zero attached hydrogens (tertiary/aromatic N) is 2. The fraction of sp³-hybridized carbons (Fsp3) is 0.417. The van der Waals surface area contributed by atoms with Gasteiger partial charge in [0.05, 0.1) is 19.2 Å². The van der Waals surface area contributed by atoms with E-state index in [-0.39, 0.29) is 30.6 Å². The van der Waals surface area contributed by atoms with Crippen molar-refractivity contribution < 1.29 is 14.3 Å². The van der Waals surface area contributed by atoms with Crippen LogP contribution in [0.2, 0.25) is 0 Å². The Hall–Kier alpha value is -1.47. The van der Waals surface area contributed by atoms with Crippen LogP contribution in [0, 0.1) is 0 Å². The average Bonchev–Trinajstić information content (AvgIpc) is 3.17. The second-order valence-electron chi connectivity index (χ2n) is 4.53. The van der Waals surface area contributed by atoms with Gasteiger partial charge in [-0.1, -0.05) is 0 Å². The van der Waals surface area contributed by atoms with Crippen LogP contribution in [0.5, 0.6) is 0 Å². The number of epoxide rings is 1. The maximum atomic E-state index is 11.8. The van der Waals surface area contributed by atoms with Crippen LogP contribution in [0.25, 0.3) is 0 Å². The first-order valence-electron chi connectivity index (χ1n) is 5.97. The first-order valence-corrected chi connectivity index (χ1v) is 6.76. The minimum absolute atomic E-state index is 0.0653. The van der Waals surface area contributed by atoms with Crippen molar-refractivity contribution >= 4 is 27.9 Å². The summed E-state index contributed by atoms with van der Waals surface area (Å²) in [5.41, 5.74) is 0.830. The highest BCUT2D eigenvalue weighted by molar-refractivity contribution is 9.10. The molecule has 2 atom stereocenters.